The van der Waals surface area contributed by atoms with Gasteiger partial charge in [-0.1, -0.05) is 19.6 Å². The van der Waals surface area contributed by atoms with E-state index in [0.29, 0.717) is 19.4 Å². The number of carbonyl (C=O) groups excluding carboxylic acids is 1. The van der Waals surface area contributed by atoms with Gasteiger partial charge in [-0.3, -0.25) is 9.59 Å². The molecule has 0 aliphatic heterocycles. The van der Waals surface area contributed by atoms with E-state index in [2.05, 4.69) is 24.7 Å². The second-order valence-electron chi connectivity index (χ2n) is 9.46. The molecule has 164 valence electrons. The second kappa shape index (κ2) is 8.85. The molecule has 2 heterocycles. The average Bonchev–Trinajstić information content (AvgIpc) is 3.09. The first-order valence-electron chi connectivity index (χ1n) is 10.5. The van der Waals surface area contributed by atoms with Gasteiger partial charge in [0, 0.05) is 39.0 Å². The normalized spacial score (nSPS) is 19.9. The molecule has 1 fully saturated rings. The molecule has 0 aromatic carbocycles. The zero-order valence-corrected chi connectivity index (χ0v) is 19.2. The number of nitrogens with zero attached hydrogens (tertiary/aromatic N) is 3. The number of ether oxygens (including phenoxy) is 1. The maximum absolute atomic E-state index is 13.1. The van der Waals surface area contributed by atoms with E-state index in [-0.39, 0.29) is 46.5 Å². The molecule has 0 atom stereocenters. The highest BCUT2D eigenvalue weighted by molar-refractivity contribution is 6.76. The maximum atomic E-state index is 13.1. The summed E-state index contributed by atoms with van der Waals surface area (Å²) in [4.78, 5) is 36.6. The Morgan fingerprint density at radius 1 is 1.20 bits per heavy atom. The van der Waals surface area contributed by atoms with E-state index >= 15 is 0 Å². The third-order valence-corrected chi connectivity index (χ3v) is 7.57. The van der Waals surface area contributed by atoms with Crippen molar-refractivity contribution in [1.82, 2.24) is 14.3 Å². The van der Waals surface area contributed by atoms with Crippen LogP contribution >= 0.6 is 0 Å². The number of aromatic carboxylic acids is 1. The molecule has 1 aliphatic rings. The molecule has 1 aliphatic carbocycles. The fourth-order valence-corrected chi connectivity index (χ4v) is 4.72. The molecule has 0 unspecified atom stereocenters. The second-order valence-corrected chi connectivity index (χ2v) is 15.1. The van der Waals surface area contributed by atoms with Crippen LogP contribution in [0.1, 0.15) is 49.0 Å². The van der Waals surface area contributed by atoms with Crippen LogP contribution in [0.4, 0.5) is 0 Å². The number of rotatable bonds is 8. The molecule has 2 aromatic heterocycles. The molecule has 30 heavy (non-hydrogen) atoms. The van der Waals surface area contributed by atoms with Crippen LogP contribution in [0.3, 0.4) is 0 Å². The highest BCUT2D eigenvalue weighted by Crippen LogP contribution is 2.32. The highest BCUT2D eigenvalue weighted by Gasteiger charge is 2.27. The van der Waals surface area contributed by atoms with E-state index < -0.39 is 14.0 Å². The minimum atomic E-state index is -1.21. The molecule has 0 radical (unpaired) electrons. The summed E-state index contributed by atoms with van der Waals surface area (Å²) in [6.07, 6.45) is 5.80. The Labute approximate surface area is 176 Å². The van der Waals surface area contributed by atoms with E-state index in [4.69, 9.17) is 4.74 Å². The monoisotopic (exact) mass is 433 g/mol. The number of ketones is 1. The van der Waals surface area contributed by atoms with Crippen LogP contribution in [0, 0.1) is 5.92 Å². The number of aromatic nitrogens is 3. The third kappa shape index (κ3) is 5.07. The minimum Gasteiger partial charge on any atom is -0.478 e. The first kappa shape index (κ1) is 22.4. The van der Waals surface area contributed by atoms with E-state index in [1.165, 1.54) is 15.4 Å². The molecule has 3 rings (SSSR count). The third-order valence-electron chi connectivity index (χ3n) is 5.87. The molecule has 9 heteroatoms. The van der Waals surface area contributed by atoms with E-state index in [0.717, 1.165) is 18.9 Å². The summed E-state index contributed by atoms with van der Waals surface area (Å²) in [6, 6.07) is 0.913. The Morgan fingerprint density at radius 2 is 1.87 bits per heavy atom. The first-order chi connectivity index (χ1) is 14.1. The van der Waals surface area contributed by atoms with Crippen LogP contribution < -0.4 is 5.56 Å². The van der Waals surface area contributed by atoms with Gasteiger partial charge in [-0.05, 0) is 38.7 Å². The van der Waals surface area contributed by atoms with Gasteiger partial charge in [-0.25, -0.2) is 9.48 Å². The lowest BCUT2D eigenvalue weighted by Crippen LogP contribution is -2.30. The van der Waals surface area contributed by atoms with Crippen LogP contribution in [0.15, 0.2) is 17.2 Å². The number of hydrogen-bond acceptors (Lipinski definition) is 5. The van der Waals surface area contributed by atoms with Gasteiger partial charge in [0.05, 0.1) is 5.39 Å². The summed E-state index contributed by atoms with van der Waals surface area (Å²) in [5.41, 5.74) is -0.0382. The molecule has 2 aromatic rings. The van der Waals surface area contributed by atoms with Crippen LogP contribution in [-0.2, 0) is 16.3 Å². The summed E-state index contributed by atoms with van der Waals surface area (Å²) < 4.78 is 8.72. The van der Waals surface area contributed by atoms with Crippen LogP contribution in [0.25, 0.3) is 10.9 Å². The molecule has 1 saturated carbocycles. The van der Waals surface area contributed by atoms with Crippen molar-refractivity contribution in [1.29, 1.82) is 0 Å². The van der Waals surface area contributed by atoms with Crippen molar-refractivity contribution in [3.8, 4) is 0 Å². The molecular weight excluding hydrogens is 402 g/mol. The van der Waals surface area contributed by atoms with Gasteiger partial charge in [0.1, 0.15) is 23.6 Å². The van der Waals surface area contributed by atoms with Crippen LogP contribution in [0.5, 0.6) is 0 Å². The number of Topliss-reactive ketones (excluding diaryl/α,β-unsaturated/α-hetero) is 1. The number of carbonyl (C=O) groups is 2. The number of carboxylic acid groups (broad SMARTS) is 1. The highest BCUT2D eigenvalue weighted by atomic mass is 28.3. The summed E-state index contributed by atoms with van der Waals surface area (Å²) in [5, 5.41) is 14.3. The summed E-state index contributed by atoms with van der Waals surface area (Å²) in [7, 11) is -1.21. The topological polar surface area (TPSA) is 103 Å². The molecule has 0 amide bonds. The molecular formula is C21H31N3O5Si. The van der Waals surface area contributed by atoms with Gasteiger partial charge >= 0.3 is 5.97 Å². The van der Waals surface area contributed by atoms with Crippen LogP contribution in [0.2, 0.25) is 25.7 Å². The van der Waals surface area contributed by atoms with E-state index in [1.54, 1.807) is 13.1 Å². The van der Waals surface area contributed by atoms with Crippen molar-refractivity contribution >= 4 is 30.7 Å². The lowest BCUT2D eigenvalue weighted by atomic mass is 9.83. The van der Waals surface area contributed by atoms with Gasteiger partial charge < -0.3 is 14.4 Å². The number of carboxylic acids is 1. The lowest BCUT2D eigenvalue weighted by molar-refractivity contribution is -0.121. The molecule has 0 bridgehead atoms. The minimum absolute atomic E-state index is 0.0131. The lowest BCUT2D eigenvalue weighted by Gasteiger charge is -2.28. The fourth-order valence-electron chi connectivity index (χ4n) is 3.97. The first-order valence-corrected chi connectivity index (χ1v) is 14.2. The van der Waals surface area contributed by atoms with Crippen molar-refractivity contribution < 1.29 is 19.4 Å². The van der Waals surface area contributed by atoms with Crippen molar-refractivity contribution in [2.45, 2.75) is 71.1 Å². The maximum Gasteiger partial charge on any atom is 0.339 e. The van der Waals surface area contributed by atoms with E-state index in [9.17, 15) is 19.5 Å². The molecule has 1 N–H and O–H groups in total. The predicted molar refractivity (Wildman–Crippen MR) is 117 cm³/mol. The summed E-state index contributed by atoms with van der Waals surface area (Å²) in [5.74, 6) is -0.898. The van der Waals surface area contributed by atoms with Crippen molar-refractivity contribution in [3.63, 3.8) is 0 Å². The largest absolute Gasteiger partial charge is 0.478 e. The van der Waals surface area contributed by atoms with Gasteiger partial charge in [-0.2, -0.15) is 5.10 Å². The number of pyridine rings is 1. The van der Waals surface area contributed by atoms with Gasteiger partial charge in [0.15, 0.2) is 0 Å². The standard InChI is InChI=1S/C21H31N3O5Si/c1-14(25)15-5-7-16(8-6-15)24-12-18(21(27)28)19-17(20(24)26)11-23(22-19)13-29-9-10-30(2,3)4/h11-12,15-16H,5-10,13H2,1-4H3,(H,27,28). The quantitative estimate of drug-likeness (QED) is 0.504. The Balaban J connectivity index is 1.86. The molecule has 0 saturated heterocycles. The number of hydrogen-bond donors (Lipinski definition) is 1. The SMILES string of the molecule is CC(=O)C1CCC(n2cc(C(=O)O)c3nn(COCC[Si](C)(C)C)cc3c2=O)CC1. The van der Waals surface area contributed by atoms with E-state index in [1.807, 2.05) is 0 Å². The molecule has 0 spiro atoms. The average molecular weight is 434 g/mol. The van der Waals surface area contributed by atoms with Gasteiger partial charge in [0.2, 0.25) is 0 Å². The predicted octanol–water partition coefficient (Wildman–Crippen LogP) is 3.53. The fraction of sp³-hybridized carbons (Fsp3) is 0.619. The van der Waals surface area contributed by atoms with Crippen molar-refractivity contribution in [2.75, 3.05) is 6.61 Å². The Bertz CT molecular complexity index is 996. The zero-order chi connectivity index (χ0) is 22.1. The van der Waals surface area contributed by atoms with Gasteiger partial charge in [-0.15, -0.1) is 0 Å². The van der Waals surface area contributed by atoms with Crippen molar-refractivity contribution in [2.24, 2.45) is 5.92 Å². The summed E-state index contributed by atoms with van der Waals surface area (Å²) in [6.45, 7) is 9.20. The number of fused-ring (bicyclic) bond motifs is 1. The molecule has 8 nitrogen and oxygen atoms in total. The Hall–Kier alpha value is -2.26. The van der Waals surface area contributed by atoms with Crippen molar-refractivity contribution in [3.05, 3.63) is 28.3 Å². The van der Waals surface area contributed by atoms with Crippen LogP contribution in [-0.4, -0.2) is 45.9 Å². The smallest absolute Gasteiger partial charge is 0.339 e. The summed E-state index contributed by atoms with van der Waals surface area (Å²) >= 11 is 0. The van der Waals surface area contributed by atoms with Gasteiger partial charge in [0.25, 0.3) is 5.56 Å². The Morgan fingerprint density at radius 3 is 2.43 bits per heavy atom. The zero-order valence-electron chi connectivity index (χ0n) is 18.2. The Kier molecular flexibility index (Phi) is 6.61.